The van der Waals surface area contributed by atoms with E-state index in [1.54, 1.807) is 16.2 Å². The normalized spacial score (nSPS) is 10.8. The van der Waals surface area contributed by atoms with Crippen LogP contribution >= 0.6 is 11.3 Å². The van der Waals surface area contributed by atoms with Crippen molar-refractivity contribution in [3.63, 3.8) is 0 Å². The first-order valence-electron chi connectivity index (χ1n) is 6.88. The fourth-order valence-corrected chi connectivity index (χ4v) is 3.14. The zero-order valence-corrected chi connectivity index (χ0v) is 13.0. The quantitative estimate of drug-likeness (QED) is 0.735. The third-order valence-electron chi connectivity index (χ3n) is 3.27. The van der Waals surface area contributed by atoms with E-state index in [1.807, 2.05) is 6.92 Å². The molecule has 0 aliphatic heterocycles. The van der Waals surface area contributed by atoms with Crippen LogP contribution in [0.3, 0.4) is 0 Å². The average Bonchev–Trinajstić information content (AvgIpc) is 3.04. The average molecular weight is 292 g/mol. The van der Waals surface area contributed by atoms with E-state index in [9.17, 15) is 4.79 Å². The van der Waals surface area contributed by atoms with E-state index in [4.69, 9.17) is 4.52 Å². The Kier molecular flexibility index (Phi) is 4.95. The number of aryl methyl sites for hydroxylation is 3. The van der Waals surface area contributed by atoms with E-state index >= 15 is 0 Å². The molecule has 0 unspecified atom stereocenters. The van der Waals surface area contributed by atoms with E-state index in [2.05, 4.69) is 31.1 Å². The van der Waals surface area contributed by atoms with Crippen LogP contribution in [0.5, 0.6) is 0 Å². The number of aromatic nitrogens is 1. The smallest absolute Gasteiger partial charge is 0.210 e. The molecule has 0 atom stereocenters. The molecule has 0 saturated heterocycles. The van der Waals surface area contributed by atoms with Crippen LogP contribution in [0.25, 0.3) is 0 Å². The molecule has 2 aromatic rings. The lowest BCUT2D eigenvalue weighted by Gasteiger charge is -2.16. The molecule has 0 saturated carbocycles. The molecule has 108 valence electrons. The van der Waals surface area contributed by atoms with Crippen LogP contribution in [0.15, 0.2) is 16.7 Å². The van der Waals surface area contributed by atoms with Crippen molar-refractivity contribution in [1.82, 2.24) is 10.1 Å². The van der Waals surface area contributed by atoms with Gasteiger partial charge in [0.05, 0.1) is 18.8 Å². The Bertz CT molecular complexity index is 553. The molecule has 0 bridgehead atoms. The van der Waals surface area contributed by atoms with Crippen LogP contribution in [-0.4, -0.2) is 16.5 Å². The Hall–Kier alpha value is -1.62. The number of hydrogen-bond donors (Lipinski definition) is 0. The molecular formula is C15H20N2O2S. The predicted octanol–water partition coefficient (Wildman–Crippen LogP) is 3.33. The van der Waals surface area contributed by atoms with Crippen LogP contribution in [0, 0.1) is 6.92 Å². The largest absolute Gasteiger partial charge is 0.361 e. The zero-order chi connectivity index (χ0) is 14.5. The summed E-state index contributed by atoms with van der Waals surface area (Å²) >= 11 is 1.72. The Labute approximate surface area is 123 Å². The van der Waals surface area contributed by atoms with Gasteiger partial charge in [0.1, 0.15) is 5.76 Å². The summed E-state index contributed by atoms with van der Waals surface area (Å²) in [5, 5.41) is 4.09. The van der Waals surface area contributed by atoms with Crippen LogP contribution in [0.4, 0.5) is 0 Å². The Morgan fingerprint density at radius 1 is 1.30 bits per heavy atom. The molecule has 0 aliphatic rings. The topological polar surface area (TPSA) is 46.3 Å². The minimum Gasteiger partial charge on any atom is -0.361 e. The Balaban J connectivity index is 2.13. The molecular weight excluding hydrogens is 272 g/mol. The van der Waals surface area contributed by atoms with Gasteiger partial charge in [-0.15, -0.1) is 11.3 Å². The number of carbonyl (C=O) groups is 1. The van der Waals surface area contributed by atoms with E-state index < -0.39 is 0 Å². The summed E-state index contributed by atoms with van der Waals surface area (Å²) in [6, 6.07) is 4.16. The Morgan fingerprint density at radius 3 is 2.65 bits per heavy atom. The van der Waals surface area contributed by atoms with Crippen molar-refractivity contribution in [3.8, 4) is 0 Å². The first kappa shape index (κ1) is 14.8. The maximum absolute atomic E-state index is 11.3. The van der Waals surface area contributed by atoms with Crippen LogP contribution in [0.1, 0.15) is 40.6 Å². The maximum Gasteiger partial charge on any atom is 0.210 e. The van der Waals surface area contributed by atoms with Gasteiger partial charge in [-0.1, -0.05) is 19.0 Å². The minimum absolute atomic E-state index is 0.566. The summed E-state index contributed by atoms with van der Waals surface area (Å²) in [5.41, 5.74) is 2.02. The van der Waals surface area contributed by atoms with Crippen molar-refractivity contribution in [1.29, 1.82) is 0 Å². The molecule has 2 rings (SSSR count). The summed E-state index contributed by atoms with van der Waals surface area (Å²) in [7, 11) is 0. The summed E-state index contributed by atoms with van der Waals surface area (Å²) in [6.07, 6.45) is 2.53. The molecule has 20 heavy (non-hydrogen) atoms. The molecule has 1 amide bonds. The monoisotopic (exact) mass is 292 g/mol. The molecule has 0 fully saturated rings. The molecule has 0 spiro atoms. The molecule has 0 aromatic carbocycles. The second-order valence-corrected chi connectivity index (χ2v) is 6.13. The molecule has 4 nitrogen and oxygen atoms in total. The summed E-state index contributed by atoms with van der Waals surface area (Å²) in [5.74, 6) is 0.885. The highest BCUT2D eigenvalue weighted by Crippen LogP contribution is 2.21. The highest BCUT2D eigenvalue weighted by molar-refractivity contribution is 7.11. The van der Waals surface area contributed by atoms with Crippen molar-refractivity contribution in [3.05, 3.63) is 38.9 Å². The lowest BCUT2D eigenvalue weighted by Crippen LogP contribution is -2.21. The van der Waals surface area contributed by atoms with Crippen LogP contribution in [-0.2, 0) is 30.7 Å². The van der Waals surface area contributed by atoms with Crippen molar-refractivity contribution in [2.75, 3.05) is 0 Å². The number of carbonyl (C=O) groups excluding carboxylic acids is 1. The number of hydrogen-bond acceptors (Lipinski definition) is 4. The van der Waals surface area contributed by atoms with Crippen molar-refractivity contribution < 1.29 is 9.32 Å². The number of nitrogens with zero attached hydrogens (tertiary/aromatic N) is 2. The van der Waals surface area contributed by atoms with Gasteiger partial charge in [-0.2, -0.15) is 0 Å². The number of thiophene rings is 1. The SMILES string of the molecule is CCc1noc(CC)c1CN(C=O)Cc1ccc(C)s1. The van der Waals surface area contributed by atoms with E-state index in [0.717, 1.165) is 36.3 Å². The fraction of sp³-hybridized carbons (Fsp3) is 0.467. The van der Waals surface area contributed by atoms with Crippen molar-refractivity contribution in [2.24, 2.45) is 0 Å². The summed E-state index contributed by atoms with van der Waals surface area (Å²) in [6.45, 7) is 7.37. The highest BCUT2D eigenvalue weighted by Gasteiger charge is 2.16. The second-order valence-electron chi connectivity index (χ2n) is 4.76. The van der Waals surface area contributed by atoms with E-state index in [1.165, 1.54) is 9.75 Å². The predicted molar refractivity (Wildman–Crippen MR) is 79.6 cm³/mol. The third-order valence-corrected chi connectivity index (χ3v) is 4.26. The zero-order valence-electron chi connectivity index (χ0n) is 12.2. The Morgan fingerprint density at radius 2 is 2.10 bits per heavy atom. The van der Waals surface area contributed by atoms with Gasteiger partial charge in [0, 0.05) is 21.7 Å². The van der Waals surface area contributed by atoms with Gasteiger partial charge >= 0.3 is 0 Å². The van der Waals surface area contributed by atoms with Gasteiger partial charge < -0.3 is 9.42 Å². The molecule has 0 radical (unpaired) electrons. The maximum atomic E-state index is 11.3. The van der Waals surface area contributed by atoms with Gasteiger partial charge in [-0.25, -0.2) is 0 Å². The number of amides is 1. The first-order valence-corrected chi connectivity index (χ1v) is 7.70. The minimum atomic E-state index is 0.566. The third kappa shape index (κ3) is 3.28. The van der Waals surface area contributed by atoms with Gasteiger partial charge in [0.2, 0.25) is 6.41 Å². The second kappa shape index (κ2) is 6.70. The van der Waals surface area contributed by atoms with E-state index in [-0.39, 0.29) is 0 Å². The summed E-state index contributed by atoms with van der Waals surface area (Å²) < 4.78 is 5.35. The van der Waals surface area contributed by atoms with Gasteiger partial charge in [0.25, 0.3) is 0 Å². The summed E-state index contributed by atoms with van der Waals surface area (Å²) in [4.78, 5) is 15.6. The molecule has 2 aromatic heterocycles. The van der Waals surface area contributed by atoms with Crippen molar-refractivity contribution >= 4 is 17.7 Å². The van der Waals surface area contributed by atoms with Crippen molar-refractivity contribution in [2.45, 2.75) is 46.7 Å². The first-order chi connectivity index (χ1) is 9.67. The van der Waals surface area contributed by atoms with Crippen LogP contribution < -0.4 is 0 Å². The van der Waals surface area contributed by atoms with Gasteiger partial charge in [-0.05, 0) is 25.5 Å². The number of rotatable bonds is 7. The molecule has 0 N–H and O–H groups in total. The highest BCUT2D eigenvalue weighted by atomic mass is 32.1. The van der Waals surface area contributed by atoms with Crippen LogP contribution in [0.2, 0.25) is 0 Å². The lowest BCUT2D eigenvalue weighted by molar-refractivity contribution is -0.119. The van der Waals surface area contributed by atoms with E-state index in [0.29, 0.717) is 13.1 Å². The fourth-order valence-electron chi connectivity index (χ4n) is 2.22. The van der Waals surface area contributed by atoms with Gasteiger partial charge in [-0.3, -0.25) is 4.79 Å². The van der Waals surface area contributed by atoms with Gasteiger partial charge in [0.15, 0.2) is 0 Å². The standard InChI is InChI=1S/C15H20N2O2S/c1-4-14-13(15(5-2)19-16-14)9-17(10-18)8-12-7-6-11(3)20-12/h6-7,10H,4-5,8-9H2,1-3H3. The lowest BCUT2D eigenvalue weighted by atomic mass is 10.1. The molecule has 0 aliphatic carbocycles. The molecule has 5 heteroatoms. The molecule has 2 heterocycles.